The van der Waals surface area contributed by atoms with Crippen LogP contribution in [0.15, 0.2) is 53.4 Å². The van der Waals surface area contributed by atoms with Gasteiger partial charge in [-0.25, -0.2) is 8.99 Å². The minimum Gasteiger partial charge on any atom is -0.491 e. The van der Waals surface area contributed by atoms with E-state index in [1.807, 2.05) is 6.92 Å². The number of hydrogen-bond donors (Lipinski definition) is 2. The Kier molecular flexibility index (Phi) is 6.17. The molecule has 1 unspecified atom stereocenters. The van der Waals surface area contributed by atoms with Gasteiger partial charge in [-0.1, -0.05) is 17.7 Å². The maximum absolute atomic E-state index is 12.3. The third-order valence-electron chi connectivity index (χ3n) is 3.60. The smallest absolute Gasteiger partial charge is 0.193 e. The first-order chi connectivity index (χ1) is 12.1. The molecule has 0 aliphatic heterocycles. The fourth-order valence-electron chi connectivity index (χ4n) is 2.15. The van der Waals surface area contributed by atoms with E-state index < -0.39 is 15.6 Å². The molecule has 0 saturated carbocycles. The van der Waals surface area contributed by atoms with Crippen LogP contribution in [0.2, 0.25) is 0 Å². The van der Waals surface area contributed by atoms with Gasteiger partial charge in [-0.05, 0) is 57.2 Å². The van der Waals surface area contributed by atoms with Gasteiger partial charge in [0.25, 0.3) is 0 Å². The number of benzene rings is 2. The molecule has 0 aliphatic rings. The third-order valence-corrected chi connectivity index (χ3v) is 5.00. The zero-order valence-electron chi connectivity index (χ0n) is 15.0. The summed E-state index contributed by atoms with van der Waals surface area (Å²) < 4.78 is 30.7. The molecule has 0 aliphatic carbocycles. The first kappa shape index (κ1) is 20.1. The molecule has 0 spiro atoms. The van der Waals surface area contributed by atoms with Crippen LogP contribution in [-0.4, -0.2) is 33.9 Å². The second-order valence-corrected chi connectivity index (χ2v) is 8.11. The molecule has 7 heteroatoms. The molecule has 2 rings (SSSR count). The highest BCUT2D eigenvalue weighted by molar-refractivity contribution is 7.87. The van der Waals surface area contributed by atoms with Crippen molar-refractivity contribution in [1.29, 1.82) is 4.78 Å². The van der Waals surface area contributed by atoms with Gasteiger partial charge in [0.15, 0.2) is 15.8 Å². The summed E-state index contributed by atoms with van der Waals surface area (Å²) in [7, 11) is -3.32. The molecule has 0 heterocycles. The van der Waals surface area contributed by atoms with Crippen molar-refractivity contribution in [3.8, 4) is 5.75 Å². The maximum atomic E-state index is 12.3. The van der Waals surface area contributed by atoms with Gasteiger partial charge < -0.3 is 9.84 Å². The van der Waals surface area contributed by atoms with E-state index in [1.54, 1.807) is 48.5 Å². The highest BCUT2D eigenvalue weighted by Crippen LogP contribution is 2.18. The Morgan fingerprint density at radius 2 is 1.65 bits per heavy atom. The summed E-state index contributed by atoms with van der Waals surface area (Å²) in [6, 6.07) is 13.1. The van der Waals surface area contributed by atoms with E-state index >= 15 is 0 Å². The van der Waals surface area contributed by atoms with Crippen LogP contribution in [0.1, 0.15) is 29.8 Å². The van der Waals surface area contributed by atoms with Gasteiger partial charge in [-0.2, -0.15) is 0 Å². The number of hydrogen-bond acceptors (Lipinski definition) is 6. The quantitative estimate of drug-likeness (QED) is 0.543. The van der Waals surface area contributed by atoms with E-state index in [9.17, 15) is 14.1 Å². The van der Waals surface area contributed by atoms with Crippen molar-refractivity contribution >= 4 is 15.8 Å². The second kappa shape index (κ2) is 7.99. The molecule has 0 saturated heterocycles. The van der Waals surface area contributed by atoms with Gasteiger partial charge in [0, 0.05) is 5.56 Å². The SMILES string of the molecule is Cc1ccc(S(=N)(=O)OCCOc2ccc(C(=O)C(C)(C)O)cc2)cc1. The zero-order valence-corrected chi connectivity index (χ0v) is 15.8. The lowest BCUT2D eigenvalue weighted by Gasteiger charge is -2.15. The molecule has 2 aromatic rings. The molecule has 0 aromatic heterocycles. The van der Waals surface area contributed by atoms with Crippen LogP contribution < -0.4 is 4.74 Å². The van der Waals surface area contributed by atoms with Crippen LogP contribution in [0, 0.1) is 11.7 Å². The Balaban J connectivity index is 1.86. The van der Waals surface area contributed by atoms with Crippen LogP contribution in [0.4, 0.5) is 0 Å². The summed E-state index contributed by atoms with van der Waals surface area (Å²) >= 11 is 0. The number of carbonyl (C=O) groups is 1. The Bertz CT molecular complexity index is 850. The number of nitrogens with one attached hydrogen (secondary N) is 1. The molecule has 0 amide bonds. The van der Waals surface area contributed by atoms with E-state index in [2.05, 4.69) is 0 Å². The van der Waals surface area contributed by atoms with E-state index in [4.69, 9.17) is 13.7 Å². The molecule has 26 heavy (non-hydrogen) atoms. The average Bonchev–Trinajstić information content (AvgIpc) is 2.58. The molecule has 6 nitrogen and oxygen atoms in total. The van der Waals surface area contributed by atoms with Crippen molar-refractivity contribution in [1.82, 2.24) is 0 Å². The number of carbonyl (C=O) groups excluding carboxylic acids is 1. The van der Waals surface area contributed by atoms with Crippen LogP contribution in [0.3, 0.4) is 0 Å². The summed E-state index contributed by atoms with van der Waals surface area (Å²) in [6.45, 7) is 4.87. The standard InChI is InChI=1S/C19H23NO5S/c1-14-4-10-17(11-5-14)26(20,23)25-13-12-24-16-8-6-15(7-9-16)18(21)19(2,3)22/h4-11,20,22H,12-13H2,1-3H3. The molecule has 0 radical (unpaired) electrons. The van der Waals surface area contributed by atoms with Gasteiger partial charge in [0.1, 0.15) is 18.0 Å². The first-order valence-electron chi connectivity index (χ1n) is 8.09. The minimum absolute atomic E-state index is 0.0133. The summed E-state index contributed by atoms with van der Waals surface area (Å²) in [5, 5.41) is 9.73. The average molecular weight is 377 g/mol. The Labute approximate surface area is 154 Å². The minimum atomic E-state index is -3.32. The molecular weight excluding hydrogens is 354 g/mol. The maximum Gasteiger partial charge on any atom is 0.193 e. The third kappa shape index (κ3) is 5.39. The number of aliphatic hydroxyl groups is 1. The van der Waals surface area contributed by atoms with Gasteiger partial charge in [0.05, 0.1) is 11.5 Å². The fourth-order valence-corrected chi connectivity index (χ4v) is 3.09. The van der Waals surface area contributed by atoms with E-state index in [0.717, 1.165) is 5.56 Å². The van der Waals surface area contributed by atoms with Gasteiger partial charge in [0.2, 0.25) is 0 Å². The fraction of sp³-hybridized carbons (Fsp3) is 0.316. The van der Waals surface area contributed by atoms with Gasteiger partial charge in [-0.3, -0.25) is 8.98 Å². The zero-order chi connectivity index (χ0) is 19.4. The molecule has 2 aromatic carbocycles. The Hall–Kier alpha value is -2.22. The first-order valence-corrected chi connectivity index (χ1v) is 9.58. The summed E-state index contributed by atoms with van der Waals surface area (Å²) in [5.74, 6) is 0.132. The van der Waals surface area contributed by atoms with Crippen molar-refractivity contribution in [2.45, 2.75) is 31.3 Å². The predicted octanol–water partition coefficient (Wildman–Crippen LogP) is 3.36. The predicted molar refractivity (Wildman–Crippen MR) is 98.8 cm³/mol. The van der Waals surface area contributed by atoms with Crippen molar-refractivity contribution in [3.05, 3.63) is 59.7 Å². The molecule has 140 valence electrons. The monoisotopic (exact) mass is 377 g/mol. The molecule has 1 atom stereocenters. The Morgan fingerprint density at radius 1 is 1.08 bits per heavy atom. The van der Waals surface area contributed by atoms with Crippen molar-refractivity contribution in [2.75, 3.05) is 13.2 Å². The largest absolute Gasteiger partial charge is 0.491 e. The summed E-state index contributed by atoms with van der Waals surface area (Å²) in [6.07, 6.45) is 0. The highest BCUT2D eigenvalue weighted by Gasteiger charge is 2.24. The lowest BCUT2D eigenvalue weighted by molar-refractivity contribution is 0.0488. The molecule has 2 N–H and O–H groups in total. The normalized spacial score (nSPS) is 13.8. The van der Waals surface area contributed by atoms with Crippen LogP contribution in [-0.2, 0) is 14.2 Å². The molecular formula is C19H23NO5S. The summed E-state index contributed by atoms with van der Waals surface area (Å²) in [4.78, 5) is 12.3. The number of rotatable bonds is 8. The van der Waals surface area contributed by atoms with Crippen molar-refractivity contribution < 1.29 is 23.0 Å². The highest BCUT2D eigenvalue weighted by atomic mass is 32.2. The Morgan fingerprint density at radius 3 is 2.19 bits per heavy atom. The van der Waals surface area contributed by atoms with Gasteiger partial charge in [-0.15, -0.1) is 0 Å². The summed E-state index contributed by atoms with van der Waals surface area (Å²) in [5.41, 5.74) is -0.0333. The van der Waals surface area contributed by atoms with E-state index in [0.29, 0.717) is 16.2 Å². The lowest BCUT2D eigenvalue weighted by Crippen LogP contribution is -2.30. The topological polar surface area (TPSA) is 96.7 Å². The van der Waals surface area contributed by atoms with E-state index in [1.165, 1.54) is 13.8 Å². The number of aryl methyl sites for hydroxylation is 1. The lowest BCUT2D eigenvalue weighted by atomic mass is 9.97. The number of Topliss-reactive ketones (excluding diaryl/α,β-unsaturated/α-hetero) is 1. The molecule has 0 fully saturated rings. The van der Waals surface area contributed by atoms with Crippen molar-refractivity contribution in [3.63, 3.8) is 0 Å². The van der Waals surface area contributed by atoms with Crippen LogP contribution >= 0.6 is 0 Å². The van der Waals surface area contributed by atoms with Crippen LogP contribution in [0.25, 0.3) is 0 Å². The van der Waals surface area contributed by atoms with Gasteiger partial charge >= 0.3 is 0 Å². The molecule has 0 bridgehead atoms. The number of ketones is 1. The van der Waals surface area contributed by atoms with E-state index in [-0.39, 0.29) is 19.0 Å². The van der Waals surface area contributed by atoms with Crippen LogP contribution in [0.5, 0.6) is 5.75 Å². The number of ether oxygens (including phenoxy) is 1. The second-order valence-electron chi connectivity index (χ2n) is 6.40. The van der Waals surface area contributed by atoms with Crippen molar-refractivity contribution in [2.24, 2.45) is 0 Å².